The number of β-amino-alcohol motifs (C(OH)–C–C–N with tert-alkyl or cyclic N) is 1. The van der Waals surface area contributed by atoms with E-state index in [1.165, 1.54) is 11.1 Å². The molecule has 1 fully saturated rings. The Balaban J connectivity index is 2.17. The second-order valence-corrected chi connectivity index (χ2v) is 5.77. The average molecular weight is 261 g/mol. The normalized spacial score (nSPS) is 19.8. The molecule has 19 heavy (non-hydrogen) atoms. The average Bonchev–Trinajstić information content (AvgIpc) is 2.37. The minimum atomic E-state index is -0.367. The molecule has 1 saturated heterocycles. The van der Waals surface area contributed by atoms with E-state index in [1.54, 1.807) is 4.90 Å². The van der Waals surface area contributed by atoms with Crippen LogP contribution in [0.15, 0.2) is 18.2 Å². The second kappa shape index (κ2) is 5.74. The van der Waals surface area contributed by atoms with Gasteiger partial charge in [0.1, 0.15) is 0 Å². The summed E-state index contributed by atoms with van der Waals surface area (Å²) >= 11 is 0. The number of aryl methyl sites for hydroxylation is 1. The Bertz CT molecular complexity index is 468. The number of hydrogen-bond acceptors (Lipinski definition) is 2. The fourth-order valence-electron chi connectivity index (χ4n) is 2.78. The summed E-state index contributed by atoms with van der Waals surface area (Å²) in [6.07, 6.45) is 1.32. The summed E-state index contributed by atoms with van der Waals surface area (Å²) in [6.45, 7) is 7.58. The van der Waals surface area contributed by atoms with Crippen molar-refractivity contribution >= 4 is 5.91 Å². The molecule has 1 N–H and O–H groups in total. The van der Waals surface area contributed by atoms with Crippen LogP contribution in [0, 0.1) is 6.92 Å². The number of rotatable bonds is 2. The summed E-state index contributed by atoms with van der Waals surface area (Å²) in [7, 11) is 0. The molecular formula is C16H23NO2. The molecule has 0 aromatic heterocycles. The highest BCUT2D eigenvalue weighted by Crippen LogP contribution is 2.21. The third-order valence-electron chi connectivity index (χ3n) is 3.82. The summed E-state index contributed by atoms with van der Waals surface area (Å²) in [5, 5.41) is 9.65. The second-order valence-electron chi connectivity index (χ2n) is 5.77. The van der Waals surface area contributed by atoms with Crippen LogP contribution in [0.2, 0.25) is 0 Å². The van der Waals surface area contributed by atoms with E-state index in [9.17, 15) is 9.90 Å². The van der Waals surface area contributed by atoms with Gasteiger partial charge < -0.3 is 10.0 Å². The van der Waals surface area contributed by atoms with Crippen molar-refractivity contribution in [1.82, 2.24) is 4.90 Å². The van der Waals surface area contributed by atoms with E-state index in [-0.39, 0.29) is 12.0 Å². The Morgan fingerprint density at radius 3 is 2.74 bits per heavy atom. The summed E-state index contributed by atoms with van der Waals surface area (Å²) in [6, 6.07) is 5.93. The molecule has 1 unspecified atom stereocenters. The van der Waals surface area contributed by atoms with E-state index in [0.717, 1.165) is 24.9 Å². The minimum absolute atomic E-state index is 0.0390. The molecule has 1 amide bonds. The lowest BCUT2D eigenvalue weighted by atomic mass is 9.95. The minimum Gasteiger partial charge on any atom is -0.391 e. The molecule has 1 aliphatic heterocycles. The molecule has 104 valence electrons. The van der Waals surface area contributed by atoms with Crippen LogP contribution in [0.25, 0.3) is 0 Å². The highest BCUT2D eigenvalue weighted by atomic mass is 16.3. The molecule has 0 radical (unpaired) electrons. The number of aliphatic hydroxyl groups is 1. The van der Waals surface area contributed by atoms with Crippen molar-refractivity contribution < 1.29 is 9.90 Å². The van der Waals surface area contributed by atoms with E-state index in [2.05, 4.69) is 20.8 Å². The number of aliphatic hydroxyl groups excluding tert-OH is 1. The van der Waals surface area contributed by atoms with Crippen molar-refractivity contribution in [2.75, 3.05) is 13.1 Å². The number of nitrogens with zero attached hydrogens (tertiary/aromatic N) is 1. The highest BCUT2D eigenvalue weighted by Gasteiger charge is 2.23. The summed E-state index contributed by atoms with van der Waals surface area (Å²) in [4.78, 5) is 14.2. The van der Waals surface area contributed by atoms with E-state index in [0.29, 0.717) is 12.5 Å². The first-order valence-corrected chi connectivity index (χ1v) is 7.07. The lowest BCUT2D eigenvalue weighted by molar-refractivity contribution is 0.0473. The maximum Gasteiger partial charge on any atom is 0.253 e. The fraction of sp³-hybridized carbons (Fsp3) is 0.562. The maximum absolute atomic E-state index is 12.4. The SMILES string of the molecule is Cc1cc(C(=O)N2CCCC(O)C2)ccc1C(C)C. The molecule has 1 atom stereocenters. The smallest absolute Gasteiger partial charge is 0.253 e. The highest BCUT2D eigenvalue weighted by molar-refractivity contribution is 5.94. The Morgan fingerprint density at radius 2 is 2.16 bits per heavy atom. The predicted octanol–water partition coefficient (Wildman–Crippen LogP) is 2.72. The van der Waals surface area contributed by atoms with E-state index < -0.39 is 0 Å². The van der Waals surface area contributed by atoms with Crippen LogP contribution in [0.1, 0.15) is 54.1 Å². The lowest BCUT2D eigenvalue weighted by Gasteiger charge is -2.30. The summed E-state index contributed by atoms with van der Waals surface area (Å²) in [5.74, 6) is 0.512. The number of piperidine rings is 1. The van der Waals surface area contributed by atoms with Crippen molar-refractivity contribution in [2.24, 2.45) is 0 Å². The van der Waals surface area contributed by atoms with E-state index in [4.69, 9.17) is 0 Å². The third kappa shape index (κ3) is 3.16. The van der Waals surface area contributed by atoms with Gasteiger partial charge in [-0.3, -0.25) is 4.79 Å². The van der Waals surface area contributed by atoms with Crippen LogP contribution in [0.3, 0.4) is 0 Å². The van der Waals surface area contributed by atoms with Crippen molar-refractivity contribution in [3.05, 3.63) is 34.9 Å². The standard InChI is InChI=1S/C16H23NO2/c1-11(2)15-7-6-13(9-12(15)3)16(19)17-8-4-5-14(18)10-17/h6-7,9,11,14,18H,4-5,8,10H2,1-3H3. The number of amides is 1. The Hall–Kier alpha value is -1.35. The Kier molecular flexibility index (Phi) is 4.25. The van der Waals surface area contributed by atoms with Gasteiger partial charge >= 0.3 is 0 Å². The first-order valence-electron chi connectivity index (χ1n) is 7.07. The van der Waals surface area contributed by atoms with Gasteiger partial charge in [0.25, 0.3) is 5.91 Å². The van der Waals surface area contributed by atoms with Gasteiger partial charge in [-0.1, -0.05) is 19.9 Å². The maximum atomic E-state index is 12.4. The van der Waals surface area contributed by atoms with Crippen molar-refractivity contribution in [3.63, 3.8) is 0 Å². The molecule has 0 saturated carbocycles. The van der Waals surface area contributed by atoms with Crippen LogP contribution in [-0.2, 0) is 0 Å². The van der Waals surface area contributed by atoms with Crippen LogP contribution in [0.5, 0.6) is 0 Å². The van der Waals surface area contributed by atoms with Crippen LogP contribution in [0.4, 0.5) is 0 Å². The fourth-order valence-corrected chi connectivity index (χ4v) is 2.78. The van der Waals surface area contributed by atoms with Crippen LogP contribution in [-0.4, -0.2) is 35.1 Å². The molecular weight excluding hydrogens is 238 g/mol. The van der Waals surface area contributed by atoms with Gasteiger partial charge in [0.2, 0.25) is 0 Å². The zero-order valence-corrected chi connectivity index (χ0v) is 12.0. The largest absolute Gasteiger partial charge is 0.391 e. The molecule has 0 bridgehead atoms. The molecule has 1 aliphatic rings. The molecule has 3 heteroatoms. The first kappa shape index (κ1) is 14.1. The van der Waals surface area contributed by atoms with Crippen LogP contribution < -0.4 is 0 Å². The van der Waals surface area contributed by atoms with Gasteiger partial charge in [-0.25, -0.2) is 0 Å². The van der Waals surface area contributed by atoms with Gasteiger partial charge in [-0.05, 0) is 48.9 Å². The number of benzene rings is 1. The quantitative estimate of drug-likeness (QED) is 0.889. The molecule has 0 aliphatic carbocycles. The topological polar surface area (TPSA) is 40.5 Å². The number of carbonyl (C=O) groups is 1. The predicted molar refractivity (Wildman–Crippen MR) is 76.4 cm³/mol. The Labute approximate surface area is 115 Å². The zero-order chi connectivity index (χ0) is 14.0. The number of carbonyl (C=O) groups excluding carboxylic acids is 1. The molecule has 0 spiro atoms. The van der Waals surface area contributed by atoms with Gasteiger partial charge in [-0.15, -0.1) is 0 Å². The van der Waals surface area contributed by atoms with Gasteiger partial charge in [0, 0.05) is 18.7 Å². The monoisotopic (exact) mass is 261 g/mol. The van der Waals surface area contributed by atoms with Gasteiger partial charge in [0.05, 0.1) is 6.10 Å². The summed E-state index contributed by atoms with van der Waals surface area (Å²) < 4.78 is 0. The molecule has 1 aromatic rings. The van der Waals surface area contributed by atoms with Crippen molar-refractivity contribution in [2.45, 2.75) is 45.6 Å². The Morgan fingerprint density at radius 1 is 1.42 bits per heavy atom. The number of likely N-dealkylation sites (tertiary alicyclic amines) is 1. The molecule has 1 aromatic carbocycles. The van der Waals surface area contributed by atoms with E-state index in [1.807, 2.05) is 18.2 Å². The molecule has 3 nitrogen and oxygen atoms in total. The van der Waals surface area contributed by atoms with Crippen molar-refractivity contribution in [3.8, 4) is 0 Å². The zero-order valence-electron chi connectivity index (χ0n) is 12.0. The van der Waals surface area contributed by atoms with Crippen LogP contribution >= 0.6 is 0 Å². The number of hydrogen-bond donors (Lipinski definition) is 1. The lowest BCUT2D eigenvalue weighted by Crippen LogP contribution is -2.42. The first-order chi connectivity index (χ1) is 8.99. The third-order valence-corrected chi connectivity index (χ3v) is 3.82. The van der Waals surface area contributed by atoms with Crippen molar-refractivity contribution in [1.29, 1.82) is 0 Å². The van der Waals surface area contributed by atoms with Gasteiger partial charge in [-0.2, -0.15) is 0 Å². The van der Waals surface area contributed by atoms with Gasteiger partial charge in [0.15, 0.2) is 0 Å². The molecule has 2 rings (SSSR count). The summed E-state index contributed by atoms with van der Waals surface area (Å²) in [5.41, 5.74) is 3.18. The van der Waals surface area contributed by atoms with E-state index >= 15 is 0 Å². The molecule has 1 heterocycles.